The monoisotopic (exact) mass is 290 g/mol. The maximum absolute atomic E-state index is 12.2. The highest BCUT2D eigenvalue weighted by atomic mass is 32.2. The summed E-state index contributed by atoms with van der Waals surface area (Å²) in [6.45, 7) is 5.74. The van der Waals surface area contributed by atoms with Crippen LogP contribution in [0.25, 0.3) is 0 Å². The van der Waals surface area contributed by atoms with Crippen LogP contribution in [0.1, 0.15) is 18.3 Å². The summed E-state index contributed by atoms with van der Waals surface area (Å²) in [6.07, 6.45) is 0. The summed E-state index contributed by atoms with van der Waals surface area (Å²) >= 11 is 1.40. The van der Waals surface area contributed by atoms with Crippen molar-refractivity contribution in [3.63, 3.8) is 0 Å². The Morgan fingerprint density at radius 3 is 2.70 bits per heavy atom. The Bertz CT molecular complexity index is 623. The first-order chi connectivity index (χ1) is 9.47. The third-order valence-corrected chi connectivity index (χ3v) is 4.12. The van der Waals surface area contributed by atoms with E-state index in [1.165, 1.54) is 11.8 Å². The minimum atomic E-state index is -0.238. The summed E-state index contributed by atoms with van der Waals surface area (Å²) in [4.78, 5) is 12.2. The normalized spacial score (nSPS) is 12.2. The van der Waals surface area contributed by atoms with Crippen molar-refractivity contribution < 1.29 is 4.79 Å². The predicted octanol–water partition coefficient (Wildman–Crippen LogP) is 2.55. The fourth-order valence-electron chi connectivity index (χ4n) is 1.67. The molecule has 0 aliphatic carbocycles. The van der Waals surface area contributed by atoms with Crippen molar-refractivity contribution in [3.05, 3.63) is 35.7 Å². The molecule has 1 N–H and O–H groups in total. The lowest BCUT2D eigenvalue weighted by Crippen LogP contribution is -2.22. The number of nitrogens with one attached hydrogen (secondary N) is 1. The number of aromatic nitrogens is 3. The zero-order chi connectivity index (χ0) is 14.7. The topological polar surface area (TPSA) is 59.8 Å². The third kappa shape index (κ3) is 3.39. The molecular weight excluding hydrogens is 272 g/mol. The van der Waals surface area contributed by atoms with E-state index in [4.69, 9.17) is 0 Å². The molecular formula is C14H18N4OS. The molecule has 0 fully saturated rings. The van der Waals surface area contributed by atoms with Gasteiger partial charge in [-0.1, -0.05) is 23.9 Å². The fourth-order valence-corrected chi connectivity index (χ4v) is 2.53. The molecule has 2 rings (SSSR count). The summed E-state index contributed by atoms with van der Waals surface area (Å²) in [5.41, 5.74) is 1.93. The number of hydrogen-bond acceptors (Lipinski definition) is 4. The first-order valence-corrected chi connectivity index (χ1v) is 7.25. The minimum Gasteiger partial charge on any atom is -0.325 e. The Hall–Kier alpha value is -1.82. The van der Waals surface area contributed by atoms with Gasteiger partial charge in [-0.25, -0.2) is 0 Å². The number of aryl methyl sites for hydroxylation is 2. The van der Waals surface area contributed by atoms with E-state index in [2.05, 4.69) is 15.5 Å². The summed E-state index contributed by atoms with van der Waals surface area (Å²) in [5, 5.41) is 11.5. The molecule has 2 aromatic rings. The zero-order valence-electron chi connectivity index (χ0n) is 12.0. The second-order valence-corrected chi connectivity index (χ2v) is 6.02. The largest absolute Gasteiger partial charge is 0.325 e. The second-order valence-electron chi connectivity index (χ2n) is 4.71. The molecule has 0 saturated heterocycles. The molecule has 1 atom stereocenters. The molecule has 0 unspecified atom stereocenters. The van der Waals surface area contributed by atoms with Gasteiger partial charge in [-0.05, 0) is 38.5 Å². The number of amides is 1. The van der Waals surface area contributed by atoms with Gasteiger partial charge in [0.1, 0.15) is 5.82 Å². The van der Waals surface area contributed by atoms with Gasteiger partial charge in [0, 0.05) is 12.7 Å². The molecule has 0 aliphatic rings. The number of thioether (sulfide) groups is 1. The highest BCUT2D eigenvalue weighted by Crippen LogP contribution is 2.22. The molecule has 1 amide bonds. The standard InChI is InChI=1S/C14H18N4OS/c1-9-6-5-7-12(8-9)15-13(19)10(2)20-14-17-16-11(3)18(14)4/h5-8,10H,1-4H3,(H,15,19)/t10-/m1/s1. The van der Waals surface area contributed by atoms with Crippen LogP contribution in [0.15, 0.2) is 29.4 Å². The lowest BCUT2D eigenvalue weighted by Gasteiger charge is -2.11. The van der Waals surface area contributed by atoms with Gasteiger partial charge < -0.3 is 9.88 Å². The molecule has 1 aromatic carbocycles. The SMILES string of the molecule is Cc1cccc(NC(=O)[C@@H](C)Sc2nnc(C)n2C)c1. The molecule has 0 bridgehead atoms. The number of benzene rings is 1. The number of hydrogen-bond donors (Lipinski definition) is 1. The van der Waals surface area contributed by atoms with Crippen LogP contribution >= 0.6 is 11.8 Å². The van der Waals surface area contributed by atoms with Crippen LogP contribution in [0, 0.1) is 13.8 Å². The van der Waals surface area contributed by atoms with Gasteiger partial charge >= 0.3 is 0 Å². The van der Waals surface area contributed by atoms with Gasteiger partial charge in [0.15, 0.2) is 5.16 Å². The van der Waals surface area contributed by atoms with Crippen LogP contribution in [0.3, 0.4) is 0 Å². The Labute approximate surface area is 122 Å². The average Bonchev–Trinajstić information content (AvgIpc) is 2.70. The Balaban J connectivity index is 2.00. The molecule has 6 heteroatoms. The van der Waals surface area contributed by atoms with Crippen molar-refractivity contribution in [1.82, 2.24) is 14.8 Å². The lowest BCUT2D eigenvalue weighted by atomic mass is 10.2. The van der Waals surface area contributed by atoms with Crippen LogP contribution in [0.2, 0.25) is 0 Å². The van der Waals surface area contributed by atoms with Crippen molar-refractivity contribution >= 4 is 23.4 Å². The minimum absolute atomic E-state index is 0.0405. The van der Waals surface area contributed by atoms with E-state index in [1.54, 1.807) is 0 Å². The number of rotatable bonds is 4. The molecule has 0 radical (unpaired) electrons. The van der Waals surface area contributed by atoms with Gasteiger partial charge in [0.2, 0.25) is 5.91 Å². The molecule has 5 nitrogen and oxygen atoms in total. The summed E-state index contributed by atoms with van der Waals surface area (Å²) in [7, 11) is 1.89. The summed E-state index contributed by atoms with van der Waals surface area (Å²) in [5.74, 6) is 0.792. The Morgan fingerprint density at radius 2 is 2.10 bits per heavy atom. The van der Waals surface area contributed by atoms with Gasteiger partial charge in [-0.2, -0.15) is 0 Å². The fraction of sp³-hybridized carbons (Fsp3) is 0.357. The van der Waals surface area contributed by atoms with E-state index in [1.807, 2.05) is 56.7 Å². The van der Waals surface area contributed by atoms with Crippen molar-refractivity contribution in [2.24, 2.45) is 7.05 Å². The van der Waals surface area contributed by atoms with Crippen LogP contribution < -0.4 is 5.32 Å². The highest BCUT2D eigenvalue weighted by molar-refractivity contribution is 8.00. The Kier molecular flexibility index (Phi) is 4.44. The number of anilines is 1. The van der Waals surface area contributed by atoms with Crippen LogP contribution in [-0.2, 0) is 11.8 Å². The number of carbonyl (C=O) groups is 1. The Morgan fingerprint density at radius 1 is 1.35 bits per heavy atom. The molecule has 0 spiro atoms. The van der Waals surface area contributed by atoms with Crippen LogP contribution in [0.5, 0.6) is 0 Å². The van der Waals surface area contributed by atoms with E-state index in [9.17, 15) is 4.79 Å². The van der Waals surface area contributed by atoms with E-state index < -0.39 is 0 Å². The van der Waals surface area contributed by atoms with Gasteiger partial charge in [-0.15, -0.1) is 10.2 Å². The maximum atomic E-state index is 12.2. The van der Waals surface area contributed by atoms with Gasteiger partial charge in [0.25, 0.3) is 0 Å². The molecule has 1 aromatic heterocycles. The molecule has 0 aliphatic heterocycles. The van der Waals surface area contributed by atoms with Gasteiger partial charge in [0.05, 0.1) is 5.25 Å². The smallest absolute Gasteiger partial charge is 0.237 e. The van der Waals surface area contributed by atoms with E-state index in [0.717, 1.165) is 22.2 Å². The third-order valence-electron chi connectivity index (χ3n) is 2.99. The quantitative estimate of drug-likeness (QED) is 0.879. The molecule has 106 valence electrons. The lowest BCUT2D eigenvalue weighted by molar-refractivity contribution is -0.115. The van der Waals surface area contributed by atoms with E-state index in [0.29, 0.717) is 0 Å². The van der Waals surface area contributed by atoms with E-state index >= 15 is 0 Å². The first-order valence-electron chi connectivity index (χ1n) is 6.37. The second kappa shape index (κ2) is 6.09. The van der Waals surface area contributed by atoms with Crippen molar-refractivity contribution in [1.29, 1.82) is 0 Å². The summed E-state index contributed by atoms with van der Waals surface area (Å²) in [6, 6.07) is 7.75. The van der Waals surface area contributed by atoms with Crippen LogP contribution in [0.4, 0.5) is 5.69 Å². The van der Waals surface area contributed by atoms with Crippen molar-refractivity contribution in [2.45, 2.75) is 31.2 Å². The van der Waals surface area contributed by atoms with Crippen molar-refractivity contribution in [2.75, 3.05) is 5.32 Å². The van der Waals surface area contributed by atoms with Crippen LogP contribution in [-0.4, -0.2) is 25.9 Å². The molecule has 0 saturated carbocycles. The summed E-state index contributed by atoms with van der Waals surface area (Å²) < 4.78 is 1.88. The van der Waals surface area contributed by atoms with Gasteiger partial charge in [-0.3, -0.25) is 4.79 Å². The first kappa shape index (κ1) is 14.6. The van der Waals surface area contributed by atoms with Crippen molar-refractivity contribution in [3.8, 4) is 0 Å². The highest BCUT2D eigenvalue weighted by Gasteiger charge is 2.18. The number of nitrogens with zero attached hydrogens (tertiary/aromatic N) is 3. The molecule has 20 heavy (non-hydrogen) atoms. The molecule has 1 heterocycles. The van der Waals surface area contributed by atoms with E-state index in [-0.39, 0.29) is 11.2 Å². The average molecular weight is 290 g/mol. The predicted molar refractivity (Wildman–Crippen MR) is 80.9 cm³/mol. The number of carbonyl (C=O) groups excluding carboxylic acids is 1. The zero-order valence-corrected chi connectivity index (χ0v) is 12.9. The maximum Gasteiger partial charge on any atom is 0.237 e.